The fraction of sp³-hybridized carbons (Fsp3) is 0.250. The Balaban J connectivity index is 2.46. The molecule has 4 nitrogen and oxygen atoms in total. The smallest absolute Gasteiger partial charge is 0.180 e. The normalized spacial score (nSPS) is 10.3. The molecule has 0 fully saturated rings. The third kappa shape index (κ3) is 2.55. The molecular formula is C12H13FN4. The van der Waals surface area contributed by atoms with Crippen LogP contribution in [0.4, 0.5) is 10.2 Å². The van der Waals surface area contributed by atoms with Crippen molar-refractivity contribution in [2.45, 2.75) is 13.3 Å². The molecule has 0 saturated carbocycles. The quantitative estimate of drug-likeness (QED) is 0.882. The first-order valence-electron chi connectivity index (χ1n) is 5.40. The van der Waals surface area contributed by atoms with E-state index in [9.17, 15) is 4.39 Å². The minimum atomic E-state index is -0.366. The van der Waals surface area contributed by atoms with Gasteiger partial charge in [0, 0.05) is 18.8 Å². The maximum atomic E-state index is 12.8. The molecule has 0 aliphatic carbocycles. The van der Waals surface area contributed by atoms with Gasteiger partial charge in [-0.05, 0) is 18.6 Å². The van der Waals surface area contributed by atoms with Crippen molar-refractivity contribution in [3.8, 4) is 11.5 Å². The van der Waals surface area contributed by atoms with Crippen molar-refractivity contribution in [2.24, 2.45) is 0 Å². The predicted molar refractivity (Wildman–Crippen MR) is 64.1 cm³/mol. The molecule has 2 heterocycles. The summed E-state index contributed by atoms with van der Waals surface area (Å²) in [7, 11) is 1.80. The van der Waals surface area contributed by atoms with Crippen molar-refractivity contribution < 1.29 is 4.39 Å². The monoisotopic (exact) mass is 232 g/mol. The number of anilines is 1. The average molecular weight is 232 g/mol. The molecule has 0 amide bonds. The van der Waals surface area contributed by atoms with Gasteiger partial charge in [0.05, 0.1) is 6.20 Å². The molecule has 0 atom stereocenters. The van der Waals surface area contributed by atoms with Crippen LogP contribution in [0.25, 0.3) is 11.5 Å². The van der Waals surface area contributed by atoms with Gasteiger partial charge in [-0.3, -0.25) is 0 Å². The zero-order chi connectivity index (χ0) is 12.3. The summed E-state index contributed by atoms with van der Waals surface area (Å²) < 4.78 is 12.8. The maximum Gasteiger partial charge on any atom is 0.180 e. The molecule has 17 heavy (non-hydrogen) atoms. The van der Waals surface area contributed by atoms with E-state index in [1.165, 1.54) is 6.07 Å². The highest BCUT2D eigenvalue weighted by Crippen LogP contribution is 2.16. The topological polar surface area (TPSA) is 50.7 Å². The van der Waals surface area contributed by atoms with E-state index in [-0.39, 0.29) is 5.82 Å². The van der Waals surface area contributed by atoms with Crippen LogP contribution < -0.4 is 5.32 Å². The van der Waals surface area contributed by atoms with Crippen LogP contribution in [0.15, 0.2) is 24.4 Å². The Morgan fingerprint density at radius 1 is 1.29 bits per heavy atom. The molecule has 1 N–H and O–H groups in total. The Bertz CT molecular complexity index is 488. The average Bonchev–Trinajstić information content (AvgIpc) is 2.39. The number of hydrogen-bond donors (Lipinski definition) is 1. The standard InChI is InChI=1S/C12H13FN4/c1-3-9-6-11(14-2)17-12(16-9)10-5-4-8(13)7-15-10/h4-7H,3H2,1-2H3,(H,14,16,17). The lowest BCUT2D eigenvalue weighted by Gasteiger charge is -2.05. The Morgan fingerprint density at radius 3 is 2.71 bits per heavy atom. The zero-order valence-electron chi connectivity index (χ0n) is 9.74. The van der Waals surface area contributed by atoms with E-state index >= 15 is 0 Å². The molecule has 0 radical (unpaired) electrons. The number of aromatic nitrogens is 3. The number of aryl methyl sites for hydroxylation is 1. The van der Waals surface area contributed by atoms with Crippen molar-refractivity contribution in [1.82, 2.24) is 15.0 Å². The van der Waals surface area contributed by atoms with Gasteiger partial charge in [-0.2, -0.15) is 0 Å². The summed E-state index contributed by atoms with van der Waals surface area (Å²) in [6.07, 6.45) is 1.97. The predicted octanol–water partition coefficient (Wildman–Crippen LogP) is 2.28. The highest BCUT2D eigenvalue weighted by Gasteiger charge is 2.06. The van der Waals surface area contributed by atoms with E-state index in [0.29, 0.717) is 11.5 Å². The SMILES string of the molecule is CCc1cc(NC)nc(-c2ccc(F)cn2)n1. The minimum Gasteiger partial charge on any atom is -0.373 e. The van der Waals surface area contributed by atoms with Crippen LogP contribution in [0.2, 0.25) is 0 Å². The summed E-state index contributed by atoms with van der Waals surface area (Å²) in [5.74, 6) is 0.876. The number of rotatable bonds is 3. The lowest BCUT2D eigenvalue weighted by Crippen LogP contribution is -2.01. The van der Waals surface area contributed by atoms with E-state index in [1.54, 1.807) is 13.1 Å². The van der Waals surface area contributed by atoms with Gasteiger partial charge in [-0.1, -0.05) is 6.92 Å². The lowest BCUT2D eigenvalue weighted by atomic mass is 10.3. The van der Waals surface area contributed by atoms with Gasteiger partial charge in [0.2, 0.25) is 0 Å². The summed E-state index contributed by atoms with van der Waals surface area (Å²) in [6, 6.07) is 4.81. The third-order valence-corrected chi connectivity index (χ3v) is 2.35. The van der Waals surface area contributed by atoms with Crippen LogP contribution in [-0.2, 0) is 6.42 Å². The molecule has 0 aromatic carbocycles. The fourth-order valence-corrected chi connectivity index (χ4v) is 1.43. The van der Waals surface area contributed by atoms with Crippen LogP contribution in [0.5, 0.6) is 0 Å². The minimum absolute atomic E-state index is 0.366. The van der Waals surface area contributed by atoms with E-state index < -0.39 is 0 Å². The Labute approximate surface area is 99.0 Å². The number of nitrogens with zero attached hydrogens (tertiary/aromatic N) is 3. The van der Waals surface area contributed by atoms with Crippen LogP contribution in [0, 0.1) is 5.82 Å². The molecule has 0 aliphatic rings. The van der Waals surface area contributed by atoms with Crippen molar-refractivity contribution >= 4 is 5.82 Å². The first-order chi connectivity index (χ1) is 8.22. The van der Waals surface area contributed by atoms with Crippen LogP contribution in [0.3, 0.4) is 0 Å². The first-order valence-corrected chi connectivity index (χ1v) is 5.40. The molecule has 0 bridgehead atoms. The summed E-state index contributed by atoms with van der Waals surface area (Å²) in [5.41, 5.74) is 1.49. The second kappa shape index (κ2) is 4.86. The largest absolute Gasteiger partial charge is 0.373 e. The fourth-order valence-electron chi connectivity index (χ4n) is 1.43. The Hall–Kier alpha value is -2.04. The summed E-state index contributed by atoms with van der Waals surface area (Å²) in [4.78, 5) is 12.6. The second-order valence-corrected chi connectivity index (χ2v) is 3.53. The number of halogens is 1. The highest BCUT2D eigenvalue weighted by atomic mass is 19.1. The molecule has 2 aromatic rings. The summed E-state index contributed by atoms with van der Waals surface area (Å²) >= 11 is 0. The molecule has 5 heteroatoms. The van der Waals surface area contributed by atoms with Crippen LogP contribution in [-0.4, -0.2) is 22.0 Å². The Morgan fingerprint density at radius 2 is 2.12 bits per heavy atom. The first kappa shape index (κ1) is 11.4. The van der Waals surface area contributed by atoms with Crippen molar-refractivity contribution in [2.75, 3.05) is 12.4 Å². The summed E-state index contributed by atoms with van der Waals surface area (Å²) in [5, 5.41) is 2.97. The van der Waals surface area contributed by atoms with Crippen LogP contribution in [0.1, 0.15) is 12.6 Å². The van der Waals surface area contributed by atoms with Crippen molar-refractivity contribution in [3.63, 3.8) is 0 Å². The zero-order valence-corrected chi connectivity index (χ0v) is 9.74. The van der Waals surface area contributed by atoms with Crippen molar-refractivity contribution in [3.05, 3.63) is 35.9 Å². The number of nitrogens with one attached hydrogen (secondary N) is 1. The molecule has 2 rings (SSSR count). The van der Waals surface area contributed by atoms with Gasteiger partial charge in [-0.15, -0.1) is 0 Å². The van der Waals surface area contributed by atoms with Gasteiger partial charge in [0.15, 0.2) is 5.82 Å². The Kier molecular flexibility index (Phi) is 3.27. The molecule has 88 valence electrons. The van der Waals surface area contributed by atoms with Gasteiger partial charge in [0.25, 0.3) is 0 Å². The van der Waals surface area contributed by atoms with E-state index in [1.807, 2.05) is 13.0 Å². The molecule has 2 aromatic heterocycles. The van der Waals surface area contributed by atoms with Gasteiger partial charge >= 0.3 is 0 Å². The van der Waals surface area contributed by atoms with Gasteiger partial charge in [0.1, 0.15) is 17.3 Å². The second-order valence-electron chi connectivity index (χ2n) is 3.53. The van der Waals surface area contributed by atoms with Gasteiger partial charge in [-0.25, -0.2) is 19.3 Å². The van der Waals surface area contributed by atoms with Crippen LogP contribution >= 0.6 is 0 Å². The molecule has 0 spiro atoms. The third-order valence-electron chi connectivity index (χ3n) is 2.35. The molecular weight excluding hydrogens is 219 g/mol. The lowest BCUT2D eigenvalue weighted by molar-refractivity contribution is 0.621. The molecule has 0 saturated heterocycles. The van der Waals surface area contributed by atoms with Crippen molar-refractivity contribution in [1.29, 1.82) is 0 Å². The highest BCUT2D eigenvalue weighted by molar-refractivity contribution is 5.52. The van der Waals surface area contributed by atoms with Gasteiger partial charge < -0.3 is 5.32 Å². The number of hydrogen-bond acceptors (Lipinski definition) is 4. The maximum absolute atomic E-state index is 12.8. The molecule has 0 aliphatic heterocycles. The molecule has 0 unspecified atom stereocenters. The van der Waals surface area contributed by atoms with E-state index in [4.69, 9.17) is 0 Å². The van der Waals surface area contributed by atoms with E-state index in [0.717, 1.165) is 24.1 Å². The van der Waals surface area contributed by atoms with E-state index in [2.05, 4.69) is 20.3 Å². The number of pyridine rings is 1. The summed E-state index contributed by atoms with van der Waals surface area (Å²) in [6.45, 7) is 2.02.